The van der Waals surface area contributed by atoms with Gasteiger partial charge in [-0.15, -0.1) is 0 Å². The minimum absolute atomic E-state index is 0.0555. The molecule has 0 aliphatic carbocycles. The van der Waals surface area contributed by atoms with E-state index >= 15 is 0 Å². The number of amides is 2. The highest BCUT2D eigenvalue weighted by Gasteiger charge is 2.37. The van der Waals surface area contributed by atoms with Gasteiger partial charge in [-0.3, -0.25) is 9.59 Å². The molecule has 1 aliphatic heterocycles. The predicted octanol–water partition coefficient (Wildman–Crippen LogP) is 3.61. The molecule has 180 valence electrons. The third-order valence-electron chi connectivity index (χ3n) is 6.62. The molecule has 3 heterocycles. The van der Waals surface area contributed by atoms with Crippen LogP contribution in [0.25, 0.3) is 11.0 Å². The molecule has 1 saturated heterocycles. The Balaban J connectivity index is 1.84. The summed E-state index contributed by atoms with van der Waals surface area (Å²) in [4.78, 5) is 36.7. The number of benzene rings is 1. The number of fused-ring (bicyclic) bond motifs is 1. The first-order chi connectivity index (χ1) is 16.9. The van der Waals surface area contributed by atoms with Crippen LogP contribution in [0.1, 0.15) is 67.3 Å². The second kappa shape index (κ2) is 10.0. The van der Waals surface area contributed by atoms with Crippen LogP contribution in [0.4, 0.5) is 5.82 Å². The molecule has 3 atom stereocenters. The first-order valence-electron chi connectivity index (χ1n) is 11.8. The lowest BCUT2D eigenvalue weighted by Crippen LogP contribution is -2.34. The van der Waals surface area contributed by atoms with Crippen molar-refractivity contribution >= 4 is 28.7 Å². The number of likely N-dealkylation sites (tertiary alicyclic amines) is 1. The number of hydrogen-bond acceptors (Lipinski definition) is 5. The standard InChI is InChI=1S/C27H30N6O2/c1-5-11-21-23(27(35)31-17(4)18-12-9-8-10-13-18)24-25(28)29-16-30-26(24)33(21)20-14-19(6-2)32(15-20)22(34)7-3/h7-10,12-13,16-17,19-20H,3,6,14-15H2,1-2,4H3,(H,31,35)(H2,28,29,30)/t17-,19+,20-/m1/s1. The van der Waals surface area contributed by atoms with Gasteiger partial charge in [0, 0.05) is 12.6 Å². The number of nitrogens with two attached hydrogens (primary N) is 1. The molecule has 1 aromatic carbocycles. The summed E-state index contributed by atoms with van der Waals surface area (Å²) in [6.45, 7) is 9.83. The van der Waals surface area contributed by atoms with Crippen molar-refractivity contribution in [2.24, 2.45) is 0 Å². The molecule has 2 amide bonds. The fourth-order valence-electron chi connectivity index (χ4n) is 4.92. The van der Waals surface area contributed by atoms with Crippen LogP contribution in [-0.4, -0.2) is 43.8 Å². The molecule has 0 radical (unpaired) electrons. The van der Waals surface area contributed by atoms with Crippen molar-refractivity contribution in [1.29, 1.82) is 0 Å². The number of carbonyl (C=O) groups is 2. The number of nitrogen functional groups attached to an aromatic ring is 1. The monoisotopic (exact) mass is 470 g/mol. The van der Waals surface area contributed by atoms with Gasteiger partial charge in [0.1, 0.15) is 23.5 Å². The van der Waals surface area contributed by atoms with E-state index in [1.807, 2.05) is 46.7 Å². The van der Waals surface area contributed by atoms with Crippen LogP contribution >= 0.6 is 0 Å². The summed E-state index contributed by atoms with van der Waals surface area (Å²) < 4.78 is 1.96. The Kier molecular flexibility index (Phi) is 6.87. The zero-order valence-corrected chi connectivity index (χ0v) is 20.3. The quantitative estimate of drug-likeness (QED) is 0.423. The summed E-state index contributed by atoms with van der Waals surface area (Å²) in [7, 11) is 0. The highest BCUT2D eigenvalue weighted by molar-refractivity contribution is 6.12. The number of rotatable bonds is 6. The second-order valence-electron chi connectivity index (χ2n) is 8.68. The van der Waals surface area contributed by atoms with Gasteiger partial charge in [0.05, 0.1) is 23.0 Å². The molecule has 0 unspecified atom stereocenters. The molecule has 4 rings (SSSR count). The van der Waals surface area contributed by atoms with Crippen molar-refractivity contribution in [3.8, 4) is 11.8 Å². The lowest BCUT2D eigenvalue weighted by atomic mass is 10.1. The Bertz CT molecular complexity index is 1330. The van der Waals surface area contributed by atoms with Gasteiger partial charge in [0.15, 0.2) is 0 Å². The average molecular weight is 471 g/mol. The van der Waals surface area contributed by atoms with Crippen molar-refractivity contribution in [3.63, 3.8) is 0 Å². The van der Waals surface area contributed by atoms with E-state index in [9.17, 15) is 9.59 Å². The molecule has 1 aliphatic rings. The van der Waals surface area contributed by atoms with Gasteiger partial charge in [-0.1, -0.05) is 49.8 Å². The van der Waals surface area contributed by atoms with Crippen LogP contribution in [0.5, 0.6) is 0 Å². The topological polar surface area (TPSA) is 106 Å². The van der Waals surface area contributed by atoms with Crippen LogP contribution in [0.15, 0.2) is 49.3 Å². The molecule has 0 saturated carbocycles. The zero-order chi connectivity index (χ0) is 25.1. The SMILES string of the molecule is C=CC(=O)N1C[C@H](n2c(C#CC)c(C(=O)N[C@H](C)c3ccccc3)c3c(N)ncnc32)C[C@@H]1CC. The van der Waals surface area contributed by atoms with Gasteiger partial charge in [-0.25, -0.2) is 9.97 Å². The third-order valence-corrected chi connectivity index (χ3v) is 6.62. The number of anilines is 1. The molecule has 35 heavy (non-hydrogen) atoms. The molecule has 2 aromatic heterocycles. The van der Waals surface area contributed by atoms with Gasteiger partial charge >= 0.3 is 0 Å². The van der Waals surface area contributed by atoms with Crippen LogP contribution in [0, 0.1) is 11.8 Å². The van der Waals surface area contributed by atoms with E-state index in [-0.39, 0.29) is 35.8 Å². The maximum Gasteiger partial charge on any atom is 0.255 e. The summed E-state index contributed by atoms with van der Waals surface area (Å²) >= 11 is 0. The first-order valence-corrected chi connectivity index (χ1v) is 11.8. The Hall–Kier alpha value is -4.12. The molecule has 3 aromatic rings. The Morgan fingerprint density at radius 2 is 2.06 bits per heavy atom. The second-order valence-corrected chi connectivity index (χ2v) is 8.68. The fraction of sp³-hybridized carbons (Fsp3) is 0.333. The Morgan fingerprint density at radius 1 is 1.31 bits per heavy atom. The summed E-state index contributed by atoms with van der Waals surface area (Å²) in [6.07, 6.45) is 4.26. The van der Waals surface area contributed by atoms with Crippen molar-refractivity contribution in [3.05, 3.63) is 66.1 Å². The molecule has 1 fully saturated rings. The van der Waals surface area contributed by atoms with Crippen molar-refractivity contribution in [2.45, 2.75) is 51.7 Å². The third kappa shape index (κ3) is 4.37. The van der Waals surface area contributed by atoms with Crippen LogP contribution < -0.4 is 11.1 Å². The molecule has 3 N–H and O–H groups in total. The van der Waals surface area contributed by atoms with Gasteiger partial charge in [-0.2, -0.15) is 0 Å². The van der Waals surface area contributed by atoms with Crippen LogP contribution in [-0.2, 0) is 4.79 Å². The molecular weight excluding hydrogens is 440 g/mol. The maximum atomic E-state index is 13.7. The summed E-state index contributed by atoms with van der Waals surface area (Å²) in [6, 6.07) is 9.44. The molecular formula is C27H30N6O2. The highest BCUT2D eigenvalue weighted by atomic mass is 16.2. The van der Waals surface area contributed by atoms with Crippen LogP contribution in [0.3, 0.4) is 0 Å². The van der Waals surface area contributed by atoms with Crippen molar-refractivity contribution < 1.29 is 9.59 Å². The molecule has 0 spiro atoms. The Morgan fingerprint density at radius 3 is 2.71 bits per heavy atom. The zero-order valence-electron chi connectivity index (χ0n) is 20.3. The predicted molar refractivity (Wildman–Crippen MR) is 136 cm³/mol. The van der Waals surface area contributed by atoms with E-state index < -0.39 is 0 Å². The maximum absolute atomic E-state index is 13.7. The number of nitrogens with one attached hydrogen (secondary N) is 1. The van der Waals surface area contributed by atoms with Gasteiger partial charge < -0.3 is 20.5 Å². The van der Waals surface area contributed by atoms with Crippen molar-refractivity contribution in [1.82, 2.24) is 24.8 Å². The van der Waals surface area contributed by atoms with E-state index in [0.29, 0.717) is 35.3 Å². The molecule has 0 bridgehead atoms. The van der Waals surface area contributed by atoms with Gasteiger partial charge in [0.2, 0.25) is 5.91 Å². The van der Waals surface area contributed by atoms with E-state index in [4.69, 9.17) is 5.73 Å². The van der Waals surface area contributed by atoms with Crippen molar-refractivity contribution in [2.75, 3.05) is 12.3 Å². The summed E-state index contributed by atoms with van der Waals surface area (Å²) in [5, 5.41) is 3.56. The van der Waals surface area contributed by atoms with E-state index in [0.717, 1.165) is 12.0 Å². The minimum atomic E-state index is -0.298. The minimum Gasteiger partial charge on any atom is -0.383 e. The van der Waals surface area contributed by atoms with E-state index in [1.165, 1.54) is 12.4 Å². The average Bonchev–Trinajstić information content (AvgIpc) is 3.44. The molecule has 8 nitrogen and oxygen atoms in total. The largest absolute Gasteiger partial charge is 0.383 e. The highest BCUT2D eigenvalue weighted by Crippen LogP contribution is 2.37. The number of nitrogens with zero attached hydrogens (tertiary/aromatic N) is 4. The van der Waals surface area contributed by atoms with Crippen LogP contribution in [0.2, 0.25) is 0 Å². The molecule has 8 heteroatoms. The number of carbonyl (C=O) groups excluding carboxylic acids is 2. The number of hydrogen-bond donors (Lipinski definition) is 2. The van der Waals surface area contributed by atoms with Gasteiger partial charge in [0.25, 0.3) is 5.91 Å². The van der Waals surface area contributed by atoms with Gasteiger partial charge in [-0.05, 0) is 44.2 Å². The van der Waals surface area contributed by atoms with E-state index in [2.05, 4.69) is 40.6 Å². The lowest BCUT2D eigenvalue weighted by molar-refractivity contribution is -0.126. The smallest absolute Gasteiger partial charge is 0.255 e. The fourth-order valence-corrected chi connectivity index (χ4v) is 4.92. The number of aromatic nitrogens is 3. The summed E-state index contributed by atoms with van der Waals surface area (Å²) in [5.74, 6) is 5.88. The Labute approximate surface area is 205 Å². The van der Waals surface area contributed by atoms with E-state index in [1.54, 1.807) is 6.92 Å². The normalized spacial score (nSPS) is 18.1. The first kappa shape index (κ1) is 24.0. The lowest BCUT2D eigenvalue weighted by Gasteiger charge is -2.21. The summed E-state index contributed by atoms with van der Waals surface area (Å²) in [5.41, 5.74) is 8.71.